The molecule has 0 spiro atoms. The molecule has 0 radical (unpaired) electrons. The van der Waals surface area contributed by atoms with Crippen LogP contribution in [0.15, 0.2) is 79.6 Å². The van der Waals surface area contributed by atoms with Crippen LogP contribution in [0.5, 0.6) is 5.75 Å². The van der Waals surface area contributed by atoms with Gasteiger partial charge in [-0.05, 0) is 66.5 Å². The highest BCUT2D eigenvalue weighted by Crippen LogP contribution is 2.36. The topological polar surface area (TPSA) is 9.23 Å². The highest BCUT2D eigenvalue weighted by Gasteiger charge is 2.21. The third kappa shape index (κ3) is 5.09. The molecule has 1 aliphatic rings. The molecular formula is C30H26F4O. The lowest BCUT2D eigenvalue weighted by molar-refractivity contribution is 0.415. The SMILES string of the molecule is C=CC1CC=C(c2ccc(-c3ccc(-c4ccc(O/C=C\CC)c(F)c4F)cc3)c(F)c2F)CC1. The molecular weight excluding hydrogens is 452 g/mol. The van der Waals surface area contributed by atoms with Crippen LogP contribution in [-0.2, 0) is 0 Å². The van der Waals surface area contributed by atoms with E-state index in [2.05, 4.69) is 6.58 Å². The van der Waals surface area contributed by atoms with E-state index in [1.807, 2.05) is 19.1 Å². The molecule has 0 aliphatic heterocycles. The first-order chi connectivity index (χ1) is 16.9. The summed E-state index contributed by atoms with van der Waals surface area (Å²) in [5.41, 5.74) is 2.07. The van der Waals surface area contributed by atoms with Gasteiger partial charge in [-0.25, -0.2) is 13.2 Å². The predicted molar refractivity (Wildman–Crippen MR) is 133 cm³/mol. The summed E-state index contributed by atoms with van der Waals surface area (Å²) in [5, 5.41) is 0. The van der Waals surface area contributed by atoms with Crippen molar-refractivity contribution in [2.75, 3.05) is 0 Å². The number of rotatable bonds is 7. The van der Waals surface area contributed by atoms with Gasteiger partial charge in [0.2, 0.25) is 5.82 Å². The number of allylic oxidation sites excluding steroid dienone is 4. The molecule has 0 amide bonds. The molecule has 3 aromatic rings. The van der Waals surface area contributed by atoms with Gasteiger partial charge >= 0.3 is 0 Å². The van der Waals surface area contributed by atoms with E-state index in [0.29, 0.717) is 29.9 Å². The van der Waals surface area contributed by atoms with E-state index in [1.165, 1.54) is 18.4 Å². The summed E-state index contributed by atoms with van der Waals surface area (Å²) in [4.78, 5) is 0. The van der Waals surface area contributed by atoms with Gasteiger partial charge in [-0.15, -0.1) is 6.58 Å². The van der Waals surface area contributed by atoms with Crippen LogP contribution in [0.4, 0.5) is 17.6 Å². The van der Waals surface area contributed by atoms with E-state index < -0.39 is 23.3 Å². The Hall–Kier alpha value is -3.60. The Morgan fingerprint density at radius 2 is 1.40 bits per heavy atom. The molecule has 0 fully saturated rings. The summed E-state index contributed by atoms with van der Waals surface area (Å²) in [6, 6.07) is 12.2. The number of halogens is 4. The maximum absolute atomic E-state index is 15.0. The maximum atomic E-state index is 15.0. The van der Waals surface area contributed by atoms with Gasteiger partial charge in [0.05, 0.1) is 6.26 Å². The summed E-state index contributed by atoms with van der Waals surface area (Å²) in [7, 11) is 0. The van der Waals surface area contributed by atoms with Crippen LogP contribution in [0.2, 0.25) is 0 Å². The van der Waals surface area contributed by atoms with Gasteiger partial charge in [0, 0.05) is 16.7 Å². The van der Waals surface area contributed by atoms with Crippen LogP contribution in [-0.4, -0.2) is 0 Å². The number of ether oxygens (including phenoxy) is 1. The fourth-order valence-corrected chi connectivity index (χ4v) is 4.23. The van der Waals surface area contributed by atoms with Crippen LogP contribution in [0.1, 0.15) is 38.2 Å². The van der Waals surface area contributed by atoms with Crippen LogP contribution >= 0.6 is 0 Å². The Bertz CT molecular complexity index is 1290. The quantitative estimate of drug-likeness (QED) is 0.187. The van der Waals surface area contributed by atoms with Gasteiger partial charge in [-0.2, -0.15) is 4.39 Å². The van der Waals surface area contributed by atoms with Gasteiger partial charge in [-0.1, -0.05) is 55.5 Å². The van der Waals surface area contributed by atoms with Gasteiger partial charge < -0.3 is 4.74 Å². The Morgan fingerprint density at radius 1 is 0.829 bits per heavy atom. The van der Waals surface area contributed by atoms with Crippen molar-refractivity contribution in [1.29, 1.82) is 0 Å². The minimum atomic E-state index is -1.09. The first-order valence-electron chi connectivity index (χ1n) is 11.6. The molecule has 0 aromatic heterocycles. The number of hydrogen-bond acceptors (Lipinski definition) is 1. The second-order valence-electron chi connectivity index (χ2n) is 8.50. The van der Waals surface area contributed by atoms with E-state index in [1.54, 1.807) is 42.5 Å². The van der Waals surface area contributed by atoms with Crippen molar-refractivity contribution >= 4 is 5.57 Å². The molecule has 4 rings (SSSR count). The van der Waals surface area contributed by atoms with Gasteiger partial charge in [-0.3, -0.25) is 0 Å². The van der Waals surface area contributed by atoms with Crippen LogP contribution in [0.3, 0.4) is 0 Å². The lowest BCUT2D eigenvalue weighted by Gasteiger charge is -2.20. The van der Waals surface area contributed by atoms with E-state index in [-0.39, 0.29) is 22.4 Å². The van der Waals surface area contributed by atoms with Gasteiger partial charge in [0.25, 0.3) is 0 Å². The van der Waals surface area contributed by atoms with Crippen molar-refractivity contribution in [1.82, 2.24) is 0 Å². The zero-order valence-electron chi connectivity index (χ0n) is 19.5. The molecule has 0 saturated heterocycles. The monoisotopic (exact) mass is 478 g/mol. The molecule has 0 heterocycles. The molecule has 0 saturated carbocycles. The minimum absolute atomic E-state index is 0.0462. The molecule has 35 heavy (non-hydrogen) atoms. The van der Waals surface area contributed by atoms with Crippen LogP contribution in [0, 0.1) is 29.2 Å². The fourth-order valence-electron chi connectivity index (χ4n) is 4.23. The first kappa shape index (κ1) is 24.5. The van der Waals surface area contributed by atoms with E-state index in [4.69, 9.17) is 4.74 Å². The van der Waals surface area contributed by atoms with Crippen molar-refractivity contribution in [3.8, 4) is 28.0 Å². The van der Waals surface area contributed by atoms with Crippen molar-refractivity contribution in [2.45, 2.75) is 32.6 Å². The highest BCUT2D eigenvalue weighted by molar-refractivity contribution is 5.74. The highest BCUT2D eigenvalue weighted by atomic mass is 19.2. The average molecular weight is 479 g/mol. The van der Waals surface area contributed by atoms with Gasteiger partial charge in [0.1, 0.15) is 0 Å². The second kappa shape index (κ2) is 10.8. The average Bonchev–Trinajstić information content (AvgIpc) is 2.89. The molecule has 0 bridgehead atoms. The summed E-state index contributed by atoms with van der Waals surface area (Å²) in [5.74, 6) is -3.78. The normalized spacial score (nSPS) is 15.8. The van der Waals surface area contributed by atoms with E-state index >= 15 is 4.39 Å². The summed E-state index contributed by atoms with van der Waals surface area (Å²) in [6.45, 7) is 5.69. The Labute approximate surface area is 203 Å². The number of hydrogen-bond donors (Lipinski definition) is 0. The summed E-state index contributed by atoms with van der Waals surface area (Å²) in [6.07, 6.45) is 9.84. The lowest BCUT2D eigenvalue weighted by atomic mass is 9.86. The fraction of sp³-hybridized carbons (Fsp3) is 0.200. The lowest BCUT2D eigenvalue weighted by Crippen LogP contribution is -2.04. The third-order valence-electron chi connectivity index (χ3n) is 6.29. The predicted octanol–water partition coefficient (Wildman–Crippen LogP) is 9.25. The molecule has 0 N–H and O–H groups in total. The van der Waals surface area contributed by atoms with Crippen LogP contribution < -0.4 is 4.74 Å². The Morgan fingerprint density at radius 3 is 1.97 bits per heavy atom. The Kier molecular flexibility index (Phi) is 7.54. The van der Waals surface area contributed by atoms with Crippen molar-refractivity contribution < 1.29 is 22.3 Å². The minimum Gasteiger partial charge on any atom is -0.462 e. The Balaban J connectivity index is 1.59. The van der Waals surface area contributed by atoms with E-state index in [0.717, 1.165) is 18.4 Å². The molecule has 180 valence electrons. The summed E-state index contributed by atoms with van der Waals surface area (Å²) >= 11 is 0. The van der Waals surface area contributed by atoms with Crippen molar-refractivity contribution in [3.63, 3.8) is 0 Å². The molecule has 1 aliphatic carbocycles. The molecule has 1 unspecified atom stereocenters. The zero-order chi connectivity index (χ0) is 24.9. The molecule has 3 aromatic carbocycles. The van der Waals surface area contributed by atoms with E-state index in [9.17, 15) is 13.2 Å². The molecule has 1 nitrogen and oxygen atoms in total. The molecule has 1 atom stereocenters. The zero-order valence-corrected chi connectivity index (χ0v) is 19.5. The van der Waals surface area contributed by atoms with Crippen molar-refractivity contribution in [3.05, 3.63) is 108 Å². The standard InChI is InChI=1S/C30H26F4O/c1-3-5-18-35-26-17-16-25(29(33)30(26)34)22-12-10-21(11-13-22)24-15-14-23(27(31)28(24)32)20-8-6-19(4-2)7-9-20/h4-5,8,10-19H,2-3,6-7,9H2,1H3/b18-5-. The third-order valence-corrected chi connectivity index (χ3v) is 6.29. The summed E-state index contributed by atoms with van der Waals surface area (Å²) < 4.78 is 64.2. The van der Waals surface area contributed by atoms with Gasteiger partial charge in [0.15, 0.2) is 23.2 Å². The van der Waals surface area contributed by atoms with Crippen LogP contribution in [0.25, 0.3) is 27.8 Å². The first-order valence-corrected chi connectivity index (χ1v) is 11.6. The largest absolute Gasteiger partial charge is 0.462 e. The number of benzene rings is 3. The maximum Gasteiger partial charge on any atom is 0.201 e. The second-order valence-corrected chi connectivity index (χ2v) is 8.50. The molecule has 5 heteroatoms. The van der Waals surface area contributed by atoms with Crippen molar-refractivity contribution in [2.24, 2.45) is 5.92 Å². The smallest absolute Gasteiger partial charge is 0.201 e.